The molecule has 2 aromatic carbocycles. The van der Waals surface area contributed by atoms with Gasteiger partial charge in [-0.3, -0.25) is 9.36 Å². The molecule has 0 spiro atoms. The van der Waals surface area contributed by atoms with Crippen LogP contribution < -0.4 is 14.8 Å². The van der Waals surface area contributed by atoms with Crippen molar-refractivity contribution in [1.82, 2.24) is 9.55 Å². The number of carbonyl (C=O) groups excluding carboxylic acids is 1. The summed E-state index contributed by atoms with van der Waals surface area (Å²) in [6, 6.07) is 10.1. The van der Waals surface area contributed by atoms with Gasteiger partial charge in [0, 0.05) is 29.7 Å². The van der Waals surface area contributed by atoms with Crippen molar-refractivity contribution in [2.24, 2.45) is 0 Å². The minimum Gasteiger partial charge on any atom is -0.497 e. The molecule has 0 radical (unpaired) electrons. The van der Waals surface area contributed by atoms with E-state index in [9.17, 15) is 18.0 Å². The van der Waals surface area contributed by atoms with Gasteiger partial charge in [-0.15, -0.1) is 0 Å². The van der Waals surface area contributed by atoms with Crippen molar-refractivity contribution in [3.05, 3.63) is 65.6 Å². The van der Waals surface area contributed by atoms with Crippen molar-refractivity contribution < 1.29 is 27.4 Å². The minimum atomic E-state index is -4.47. The van der Waals surface area contributed by atoms with Crippen LogP contribution in [0.25, 0.3) is 5.69 Å². The van der Waals surface area contributed by atoms with Crippen LogP contribution in [0.4, 0.5) is 19.0 Å². The van der Waals surface area contributed by atoms with Crippen molar-refractivity contribution in [2.45, 2.75) is 18.5 Å². The summed E-state index contributed by atoms with van der Waals surface area (Å²) in [6.45, 7) is 0. The Bertz CT molecular complexity index is 1110. The van der Waals surface area contributed by atoms with Gasteiger partial charge in [0.25, 0.3) is 0 Å². The van der Waals surface area contributed by atoms with Crippen molar-refractivity contribution in [2.75, 3.05) is 19.5 Å². The number of hydrogen-bond acceptors (Lipinski definition) is 4. The maximum atomic E-state index is 13.1. The number of halogens is 3. The number of methoxy groups -OCH3 is 2. The predicted octanol–water partition coefficient (Wildman–Crippen LogP) is 4.38. The highest BCUT2D eigenvalue weighted by atomic mass is 19.4. The highest BCUT2D eigenvalue weighted by molar-refractivity contribution is 5.94. The Morgan fingerprint density at radius 3 is 2.63 bits per heavy atom. The molecular weight excluding hydrogens is 399 g/mol. The van der Waals surface area contributed by atoms with E-state index >= 15 is 0 Å². The van der Waals surface area contributed by atoms with Crippen molar-refractivity contribution in [3.8, 4) is 17.2 Å². The van der Waals surface area contributed by atoms with Gasteiger partial charge in [-0.25, -0.2) is 4.98 Å². The van der Waals surface area contributed by atoms with E-state index in [-0.39, 0.29) is 18.0 Å². The summed E-state index contributed by atoms with van der Waals surface area (Å²) in [7, 11) is 3.06. The highest BCUT2D eigenvalue weighted by Gasteiger charge is 2.34. The van der Waals surface area contributed by atoms with Crippen molar-refractivity contribution in [3.63, 3.8) is 0 Å². The maximum absolute atomic E-state index is 13.1. The molecule has 1 aliphatic heterocycles. The molecule has 2 heterocycles. The lowest BCUT2D eigenvalue weighted by atomic mass is 9.89. The summed E-state index contributed by atoms with van der Waals surface area (Å²) < 4.78 is 51.5. The Hall–Kier alpha value is -3.49. The molecule has 0 bridgehead atoms. The van der Waals surface area contributed by atoms with Gasteiger partial charge in [0.15, 0.2) is 0 Å². The molecule has 1 aromatic heterocycles. The third kappa shape index (κ3) is 3.47. The number of nitrogens with zero attached hydrogens (tertiary/aromatic N) is 2. The fraction of sp³-hybridized carbons (Fsp3) is 0.238. The number of nitrogens with one attached hydrogen (secondary N) is 1. The smallest absolute Gasteiger partial charge is 0.416 e. The molecule has 1 N–H and O–H groups in total. The number of hydrogen-bond donors (Lipinski definition) is 1. The molecule has 1 atom stereocenters. The maximum Gasteiger partial charge on any atom is 0.416 e. The molecule has 1 aliphatic rings. The predicted molar refractivity (Wildman–Crippen MR) is 103 cm³/mol. The normalized spacial score (nSPS) is 16.0. The molecule has 9 heteroatoms. The molecule has 0 saturated carbocycles. The molecule has 4 rings (SSSR count). The Kier molecular flexibility index (Phi) is 4.89. The van der Waals surface area contributed by atoms with Gasteiger partial charge in [0.05, 0.1) is 25.5 Å². The molecular formula is C21H18F3N3O3. The molecule has 0 fully saturated rings. The molecule has 1 unspecified atom stereocenters. The lowest BCUT2D eigenvalue weighted by molar-refractivity contribution is -0.137. The Labute approximate surface area is 170 Å². The first kappa shape index (κ1) is 19.8. The second kappa shape index (κ2) is 7.40. The number of alkyl halides is 3. The summed E-state index contributed by atoms with van der Waals surface area (Å²) in [4.78, 5) is 16.9. The first-order valence-electron chi connectivity index (χ1n) is 9.08. The zero-order valence-electron chi connectivity index (χ0n) is 16.2. The SMILES string of the molecule is COc1ccc(C2CC(=O)Nc3c2ncn3-c2cccc(C(F)(F)F)c2)c(OC)c1. The molecule has 0 saturated heterocycles. The van der Waals surface area contributed by atoms with E-state index in [1.54, 1.807) is 18.2 Å². The quantitative estimate of drug-likeness (QED) is 0.684. The molecule has 1 amide bonds. The van der Waals surface area contributed by atoms with Crippen molar-refractivity contribution in [1.29, 1.82) is 0 Å². The molecule has 30 heavy (non-hydrogen) atoms. The average molecular weight is 417 g/mol. The van der Waals surface area contributed by atoms with E-state index < -0.39 is 17.7 Å². The van der Waals surface area contributed by atoms with E-state index in [0.29, 0.717) is 23.0 Å². The number of amides is 1. The fourth-order valence-electron chi connectivity index (χ4n) is 3.60. The Morgan fingerprint density at radius 2 is 1.93 bits per heavy atom. The number of ether oxygens (including phenoxy) is 2. The van der Waals surface area contributed by atoms with Crippen LogP contribution in [0.3, 0.4) is 0 Å². The first-order valence-corrected chi connectivity index (χ1v) is 9.08. The third-order valence-corrected chi connectivity index (χ3v) is 5.04. The Morgan fingerprint density at radius 1 is 1.13 bits per heavy atom. The number of imidazole rings is 1. The number of aromatic nitrogens is 2. The lowest BCUT2D eigenvalue weighted by Gasteiger charge is -2.25. The molecule has 6 nitrogen and oxygen atoms in total. The topological polar surface area (TPSA) is 65.4 Å². The van der Waals surface area contributed by atoms with Gasteiger partial charge in [-0.05, 0) is 24.3 Å². The van der Waals surface area contributed by atoms with Gasteiger partial charge in [-0.2, -0.15) is 13.2 Å². The van der Waals surface area contributed by atoms with Crippen LogP contribution in [0.1, 0.15) is 29.2 Å². The summed E-state index contributed by atoms with van der Waals surface area (Å²) in [5.74, 6) is 0.799. The Balaban J connectivity index is 1.81. The lowest BCUT2D eigenvalue weighted by Crippen LogP contribution is -2.25. The van der Waals surface area contributed by atoms with Crippen molar-refractivity contribution >= 4 is 11.7 Å². The first-order chi connectivity index (χ1) is 14.3. The number of benzene rings is 2. The molecule has 0 aliphatic carbocycles. The zero-order chi connectivity index (χ0) is 21.5. The third-order valence-electron chi connectivity index (χ3n) is 5.04. The average Bonchev–Trinajstić information content (AvgIpc) is 3.16. The van der Waals surface area contributed by atoms with Crippen LogP contribution in [0.15, 0.2) is 48.8 Å². The second-order valence-corrected chi connectivity index (χ2v) is 6.81. The molecule has 3 aromatic rings. The summed E-state index contributed by atoms with van der Waals surface area (Å²) in [6.07, 6.45) is -2.93. The molecule has 156 valence electrons. The van der Waals surface area contributed by atoms with E-state index in [2.05, 4.69) is 10.3 Å². The van der Waals surface area contributed by atoms with Crippen LogP contribution >= 0.6 is 0 Å². The van der Waals surface area contributed by atoms with E-state index in [1.165, 1.54) is 37.2 Å². The fourth-order valence-corrected chi connectivity index (χ4v) is 3.60. The monoisotopic (exact) mass is 417 g/mol. The van der Waals surface area contributed by atoms with Gasteiger partial charge < -0.3 is 14.8 Å². The zero-order valence-corrected chi connectivity index (χ0v) is 16.2. The van der Waals surface area contributed by atoms with Crippen LogP contribution in [-0.2, 0) is 11.0 Å². The standard InChI is InChI=1S/C21H18F3N3O3/c1-29-14-6-7-15(17(9-14)30-2)16-10-18(28)26-20-19(16)25-11-27(20)13-5-3-4-12(8-13)21(22,23)24/h3-9,11,16H,10H2,1-2H3,(H,26,28). The summed E-state index contributed by atoms with van der Waals surface area (Å²) >= 11 is 0. The largest absolute Gasteiger partial charge is 0.497 e. The van der Waals surface area contributed by atoms with Gasteiger partial charge >= 0.3 is 6.18 Å². The van der Waals surface area contributed by atoms with E-state index in [1.807, 2.05) is 0 Å². The summed E-state index contributed by atoms with van der Waals surface area (Å²) in [5, 5.41) is 2.74. The van der Waals surface area contributed by atoms with E-state index in [4.69, 9.17) is 9.47 Å². The van der Waals surface area contributed by atoms with Crippen LogP contribution in [-0.4, -0.2) is 29.7 Å². The van der Waals surface area contributed by atoms with Crippen LogP contribution in [0, 0.1) is 0 Å². The second-order valence-electron chi connectivity index (χ2n) is 6.81. The number of fused-ring (bicyclic) bond motifs is 1. The van der Waals surface area contributed by atoms with E-state index in [0.717, 1.165) is 17.7 Å². The minimum absolute atomic E-state index is 0.134. The number of carbonyl (C=O) groups is 1. The number of anilines is 1. The van der Waals surface area contributed by atoms with Crippen LogP contribution in [0.5, 0.6) is 11.5 Å². The number of rotatable bonds is 4. The van der Waals surface area contributed by atoms with Gasteiger partial charge in [0.1, 0.15) is 23.6 Å². The van der Waals surface area contributed by atoms with Crippen LogP contribution in [0.2, 0.25) is 0 Å². The van der Waals surface area contributed by atoms with Gasteiger partial charge in [-0.1, -0.05) is 12.1 Å². The summed E-state index contributed by atoms with van der Waals surface area (Å²) in [5.41, 5.74) is 0.762. The van der Waals surface area contributed by atoms with Gasteiger partial charge in [0.2, 0.25) is 5.91 Å². The highest BCUT2D eigenvalue weighted by Crippen LogP contribution is 2.42.